The third-order valence-corrected chi connectivity index (χ3v) is 5.37. The molecule has 0 bridgehead atoms. The second kappa shape index (κ2) is 8.33. The van der Waals surface area contributed by atoms with Gasteiger partial charge in [-0.05, 0) is 32.0 Å². The predicted molar refractivity (Wildman–Crippen MR) is 127 cm³/mol. The lowest BCUT2D eigenvalue weighted by molar-refractivity contribution is -0.385. The van der Waals surface area contributed by atoms with E-state index >= 15 is 0 Å². The summed E-state index contributed by atoms with van der Waals surface area (Å²) in [5.74, 6) is -0.283. The number of nitrogens with one attached hydrogen (secondary N) is 2. The molecule has 0 fully saturated rings. The summed E-state index contributed by atoms with van der Waals surface area (Å²) in [6.45, 7) is 3.31. The van der Waals surface area contributed by atoms with Crippen molar-refractivity contribution >= 4 is 28.4 Å². The second-order valence-corrected chi connectivity index (χ2v) is 7.81. The van der Waals surface area contributed by atoms with Gasteiger partial charge in [-0.1, -0.05) is 24.3 Å². The van der Waals surface area contributed by atoms with E-state index in [1.165, 1.54) is 33.8 Å². The number of benzene rings is 2. The first kappa shape index (κ1) is 21.7. The molecule has 1 amide bonds. The smallest absolute Gasteiger partial charge is 0.273 e. The van der Waals surface area contributed by atoms with Gasteiger partial charge in [0, 0.05) is 23.3 Å². The van der Waals surface area contributed by atoms with Gasteiger partial charge in [0.05, 0.1) is 22.5 Å². The molecule has 3 aromatic heterocycles. The van der Waals surface area contributed by atoms with E-state index in [9.17, 15) is 19.7 Å². The lowest BCUT2D eigenvalue weighted by atomic mass is 10.1. The Morgan fingerprint density at radius 1 is 1.09 bits per heavy atom. The maximum absolute atomic E-state index is 12.9. The van der Waals surface area contributed by atoms with E-state index < -0.39 is 16.4 Å². The number of aromatic amines is 1. The van der Waals surface area contributed by atoms with Crippen LogP contribution in [0.5, 0.6) is 0 Å². The van der Waals surface area contributed by atoms with E-state index in [4.69, 9.17) is 0 Å². The van der Waals surface area contributed by atoms with Crippen LogP contribution in [0.4, 0.5) is 11.5 Å². The number of rotatable bonds is 5. The highest BCUT2D eigenvalue weighted by atomic mass is 16.6. The van der Waals surface area contributed by atoms with E-state index in [1.807, 2.05) is 30.3 Å². The molecule has 0 spiro atoms. The van der Waals surface area contributed by atoms with E-state index in [-0.39, 0.29) is 23.0 Å². The van der Waals surface area contributed by atoms with Gasteiger partial charge < -0.3 is 5.32 Å². The highest BCUT2D eigenvalue weighted by Crippen LogP contribution is 2.22. The average Bonchev–Trinajstić information content (AvgIpc) is 3.43. The molecule has 2 aromatic carbocycles. The highest BCUT2D eigenvalue weighted by molar-refractivity contribution is 6.04. The van der Waals surface area contributed by atoms with Gasteiger partial charge in [0.1, 0.15) is 11.2 Å². The number of hydrogen-bond acceptors (Lipinski definition) is 7. The van der Waals surface area contributed by atoms with Crippen molar-refractivity contribution in [3.63, 3.8) is 0 Å². The maximum atomic E-state index is 12.9. The van der Waals surface area contributed by atoms with Crippen molar-refractivity contribution in [2.45, 2.75) is 13.8 Å². The summed E-state index contributed by atoms with van der Waals surface area (Å²) >= 11 is 0. The zero-order valence-corrected chi connectivity index (χ0v) is 18.6. The van der Waals surface area contributed by atoms with Crippen molar-refractivity contribution in [3.8, 4) is 11.6 Å². The molecule has 12 heteroatoms. The zero-order chi connectivity index (χ0) is 24.7. The Labute approximate surface area is 197 Å². The molecule has 0 aliphatic rings. The number of fused-ring (bicyclic) bond motifs is 1. The Morgan fingerprint density at radius 2 is 1.86 bits per heavy atom. The number of nitrogens with zero attached hydrogens (tertiary/aromatic N) is 6. The van der Waals surface area contributed by atoms with Crippen LogP contribution in [0.3, 0.4) is 0 Å². The number of nitro benzene ring substituents is 1. The standard InChI is InChI=1S/C23H18N8O4/c1-13-8-9-15(11-18(13)31(34)35)21(32)25-19-10-14(2)28-30(19)23-26-20-17(22(33)27-23)12-24-29(20)16-6-4-3-5-7-16/h3-12H,1-2H3,(H,25,32)(H,26,27,33). The summed E-state index contributed by atoms with van der Waals surface area (Å²) in [5, 5.41) is 22.9. The number of para-hydroxylation sites is 1. The van der Waals surface area contributed by atoms with Crippen molar-refractivity contribution in [1.29, 1.82) is 0 Å². The number of anilines is 1. The maximum Gasteiger partial charge on any atom is 0.273 e. The molecular formula is C23H18N8O4. The summed E-state index contributed by atoms with van der Waals surface area (Å²) in [5.41, 5.74) is 1.55. The van der Waals surface area contributed by atoms with Crippen LogP contribution in [0, 0.1) is 24.0 Å². The molecule has 35 heavy (non-hydrogen) atoms. The molecule has 0 saturated carbocycles. The number of carbonyl (C=O) groups is 1. The topological polar surface area (TPSA) is 154 Å². The molecule has 2 N–H and O–H groups in total. The van der Waals surface area contributed by atoms with Crippen molar-refractivity contribution in [2.75, 3.05) is 5.32 Å². The van der Waals surface area contributed by atoms with Crippen LogP contribution in [0.15, 0.2) is 65.6 Å². The molecule has 174 valence electrons. The summed E-state index contributed by atoms with van der Waals surface area (Å²) in [6.07, 6.45) is 1.43. The average molecular weight is 470 g/mol. The molecular weight excluding hydrogens is 452 g/mol. The Bertz CT molecular complexity index is 1670. The normalized spacial score (nSPS) is 11.0. The number of H-pyrrole nitrogens is 1. The minimum absolute atomic E-state index is 0.0680. The number of nitro groups is 1. The minimum Gasteiger partial charge on any atom is -0.306 e. The van der Waals surface area contributed by atoms with E-state index in [1.54, 1.807) is 19.9 Å². The summed E-state index contributed by atoms with van der Waals surface area (Å²) < 4.78 is 2.83. The van der Waals surface area contributed by atoms with Crippen molar-refractivity contribution in [2.24, 2.45) is 0 Å². The Balaban J connectivity index is 1.56. The van der Waals surface area contributed by atoms with Gasteiger partial charge in [-0.2, -0.15) is 19.9 Å². The van der Waals surface area contributed by atoms with Crippen LogP contribution in [-0.4, -0.2) is 40.4 Å². The van der Waals surface area contributed by atoms with E-state index in [2.05, 4.69) is 25.5 Å². The number of hydrogen-bond donors (Lipinski definition) is 2. The Kier molecular flexibility index (Phi) is 5.17. The van der Waals surface area contributed by atoms with Gasteiger partial charge in [-0.3, -0.25) is 24.7 Å². The van der Waals surface area contributed by atoms with Crippen LogP contribution in [0.2, 0.25) is 0 Å². The van der Waals surface area contributed by atoms with Crippen molar-refractivity contribution < 1.29 is 9.72 Å². The van der Waals surface area contributed by atoms with Gasteiger partial charge >= 0.3 is 0 Å². The van der Waals surface area contributed by atoms with Gasteiger partial charge in [-0.25, -0.2) is 4.68 Å². The SMILES string of the molecule is Cc1cc(NC(=O)c2ccc(C)c([N+](=O)[O-])c2)n(-c2nc3c(cnn3-c3ccccc3)c(=O)[nH]2)n1. The first-order valence-corrected chi connectivity index (χ1v) is 10.5. The van der Waals surface area contributed by atoms with Crippen LogP contribution in [0.1, 0.15) is 21.6 Å². The van der Waals surface area contributed by atoms with E-state index in [0.717, 1.165) is 5.69 Å². The highest BCUT2D eigenvalue weighted by Gasteiger charge is 2.19. The van der Waals surface area contributed by atoms with Gasteiger partial charge in [0.25, 0.3) is 17.2 Å². The molecule has 0 radical (unpaired) electrons. The monoisotopic (exact) mass is 470 g/mol. The van der Waals surface area contributed by atoms with Crippen LogP contribution >= 0.6 is 0 Å². The van der Waals surface area contributed by atoms with Crippen LogP contribution in [-0.2, 0) is 0 Å². The Hall–Kier alpha value is -5.13. The molecule has 0 atom stereocenters. The summed E-state index contributed by atoms with van der Waals surface area (Å²) in [7, 11) is 0. The van der Waals surface area contributed by atoms with Gasteiger partial charge in [0.15, 0.2) is 5.65 Å². The first-order chi connectivity index (χ1) is 16.8. The Morgan fingerprint density at radius 3 is 2.60 bits per heavy atom. The predicted octanol–water partition coefficient (Wildman–Crippen LogP) is 3.07. The fourth-order valence-corrected chi connectivity index (χ4v) is 3.65. The molecule has 12 nitrogen and oxygen atoms in total. The number of aromatic nitrogens is 6. The fourth-order valence-electron chi connectivity index (χ4n) is 3.65. The molecule has 0 saturated heterocycles. The number of amides is 1. The third-order valence-electron chi connectivity index (χ3n) is 5.37. The zero-order valence-electron chi connectivity index (χ0n) is 18.6. The molecule has 5 aromatic rings. The molecule has 0 aliphatic heterocycles. The molecule has 3 heterocycles. The fraction of sp³-hybridized carbons (Fsp3) is 0.0870. The number of aryl methyl sites for hydroxylation is 2. The lowest BCUT2D eigenvalue weighted by Crippen LogP contribution is -2.19. The molecule has 5 rings (SSSR count). The minimum atomic E-state index is -0.577. The summed E-state index contributed by atoms with van der Waals surface area (Å²) in [4.78, 5) is 43.6. The van der Waals surface area contributed by atoms with Crippen LogP contribution < -0.4 is 10.9 Å². The first-order valence-electron chi connectivity index (χ1n) is 10.5. The third kappa shape index (κ3) is 3.93. The van der Waals surface area contributed by atoms with Gasteiger partial charge in [-0.15, -0.1) is 0 Å². The lowest BCUT2D eigenvalue weighted by Gasteiger charge is -2.09. The second-order valence-electron chi connectivity index (χ2n) is 7.81. The largest absolute Gasteiger partial charge is 0.306 e. The summed E-state index contributed by atoms with van der Waals surface area (Å²) in [6, 6.07) is 15.0. The number of carbonyl (C=O) groups excluding carboxylic acids is 1. The van der Waals surface area contributed by atoms with Crippen LogP contribution in [0.25, 0.3) is 22.7 Å². The molecule has 0 unspecified atom stereocenters. The van der Waals surface area contributed by atoms with Crippen molar-refractivity contribution in [1.82, 2.24) is 29.5 Å². The molecule has 0 aliphatic carbocycles. The quantitative estimate of drug-likeness (QED) is 0.295. The van der Waals surface area contributed by atoms with Gasteiger partial charge in [0.2, 0.25) is 5.95 Å². The van der Waals surface area contributed by atoms with Crippen molar-refractivity contribution in [3.05, 3.63) is 98.1 Å². The van der Waals surface area contributed by atoms with E-state index in [0.29, 0.717) is 22.3 Å².